The molecule has 1 aromatic heterocycles. The van der Waals surface area contributed by atoms with Gasteiger partial charge in [-0.1, -0.05) is 153 Å². The summed E-state index contributed by atoms with van der Waals surface area (Å²) in [6.45, 7) is 12.6. The van der Waals surface area contributed by atoms with Crippen molar-refractivity contribution >= 4 is 31.9 Å². The van der Waals surface area contributed by atoms with Gasteiger partial charge in [-0.3, -0.25) is 0 Å². The molecule has 81 heavy (non-hydrogen) atoms. The van der Waals surface area contributed by atoms with Crippen LogP contribution in [0.3, 0.4) is 0 Å². The minimum atomic E-state index is -1.12. The van der Waals surface area contributed by atoms with Gasteiger partial charge in [-0.2, -0.15) is 0 Å². The second kappa shape index (κ2) is 25.1. The fraction of sp³-hybridized carbons (Fsp3) is 0.307. The zero-order valence-corrected chi connectivity index (χ0v) is 48.7. The Hall–Kier alpha value is -7.54. The molecule has 0 aliphatic heterocycles. The Labute approximate surface area is 484 Å². The van der Waals surface area contributed by atoms with Crippen LogP contribution in [0, 0.1) is 17.8 Å². The highest BCUT2D eigenvalue weighted by atomic mass is 28.3. The molecule has 6 heteroatoms. The third-order valence-electron chi connectivity index (χ3n) is 18.3. The number of nitrogens with zero attached hydrogens (tertiary/aromatic N) is 2. The number of benzene rings is 4. The minimum Gasteiger partial charge on any atom is -0.494 e. The van der Waals surface area contributed by atoms with Crippen molar-refractivity contribution in [2.45, 2.75) is 107 Å². The van der Waals surface area contributed by atoms with Crippen molar-refractivity contribution in [2.75, 3.05) is 19.8 Å². The first-order valence-corrected chi connectivity index (χ1v) is 33.2. The maximum Gasteiger partial charge on any atom is 0.120 e. The SMILES string of the molecule is C=Cc1ccc(OCCCCCOc2ccc3c(c2)c2c(n3-c3ccccc3)CCC(C3=CC=C(N(C4=CCCC=C4)C4C=C5C(=CC4)C4C=CC=CC4C5(CC[SiH](C)CCOC4=CCC(C=C)C=C4)c4ccccc4)CC3)=C2)cc1. The van der Waals surface area contributed by atoms with Crippen molar-refractivity contribution < 1.29 is 14.2 Å². The fourth-order valence-corrected chi connectivity index (χ4v) is 15.7. The molecule has 0 spiro atoms. The van der Waals surface area contributed by atoms with E-state index in [9.17, 15) is 0 Å². The van der Waals surface area contributed by atoms with Crippen LogP contribution in [0.25, 0.3) is 28.7 Å². The van der Waals surface area contributed by atoms with Gasteiger partial charge in [-0.05, 0) is 195 Å². The molecule has 0 radical (unpaired) electrons. The van der Waals surface area contributed by atoms with Crippen LogP contribution in [0.1, 0.15) is 93.0 Å². The van der Waals surface area contributed by atoms with Crippen molar-refractivity contribution in [3.8, 4) is 17.2 Å². The van der Waals surface area contributed by atoms with E-state index in [2.05, 4.69) is 199 Å². The van der Waals surface area contributed by atoms with Crippen molar-refractivity contribution in [3.63, 3.8) is 0 Å². The van der Waals surface area contributed by atoms with E-state index in [1.807, 2.05) is 36.4 Å². The molecule has 7 aliphatic carbocycles. The Morgan fingerprint density at radius 2 is 1.51 bits per heavy atom. The summed E-state index contributed by atoms with van der Waals surface area (Å²) in [5.41, 5.74) is 16.4. The average molecular weight is 1090 g/mol. The number of ether oxygens (including phenoxy) is 3. The predicted octanol–water partition coefficient (Wildman–Crippen LogP) is 18.2. The zero-order valence-electron chi connectivity index (χ0n) is 47.6. The van der Waals surface area contributed by atoms with E-state index >= 15 is 0 Å². The minimum absolute atomic E-state index is 0.108. The first-order valence-electron chi connectivity index (χ1n) is 30.4. The van der Waals surface area contributed by atoms with Gasteiger partial charge < -0.3 is 23.7 Å². The lowest BCUT2D eigenvalue weighted by Gasteiger charge is -2.42. The first kappa shape index (κ1) is 54.1. The Balaban J connectivity index is 0.802. The van der Waals surface area contributed by atoms with E-state index < -0.39 is 8.80 Å². The van der Waals surface area contributed by atoms with Gasteiger partial charge in [0.2, 0.25) is 0 Å². The van der Waals surface area contributed by atoms with E-state index in [1.165, 1.54) is 68.0 Å². The van der Waals surface area contributed by atoms with E-state index in [1.54, 1.807) is 11.1 Å². The summed E-state index contributed by atoms with van der Waals surface area (Å²) in [5, 5.41) is 1.26. The smallest absolute Gasteiger partial charge is 0.120 e. The Morgan fingerprint density at radius 1 is 0.716 bits per heavy atom. The third-order valence-corrected chi connectivity index (χ3v) is 20.8. The maximum absolute atomic E-state index is 6.49. The summed E-state index contributed by atoms with van der Waals surface area (Å²) >= 11 is 0. The Bertz CT molecular complexity index is 3460. The average Bonchev–Trinajstić information content (AvgIpc) is 3.90. The predicted molar refractivity (Wildman–Crippen MR) is 341 cm³/mol. The molecule has 0 amide bonds. The molecular weight excluding hydrogens is 1000 g/mol. The van der Waals surface area contributed by atoms with E-state index in [4.69, 9.17) is 14.2 Å². The number of allylic oxidation sites excluding steroid dienone is 18. The Morgan fingerprint density at radius 3 is 2.26 bits per heavy atom. The standard InChI is InChI=1S/C75H80N2O3Si/c1-4-55-28-38-64(39-29-55)78-47-18-9-19-48-79-66-42-45-74-70(54-66)69-52-58(34-44-73(69)77(74)61-24-14-8-15-25-61)57-32-35-62(36-33-57)76(60-22-12-7-13-23-60)63-37-43-68-67-26-16-17-27-71(67)75(72(68)53-63,59-20-10-6-11-21-59)46-50-81(3)51-49-80-65-40-30-56(5-2)31-41-65/h4-6,8,10-12,14-17,20-30,32,35,38-43,45,52-54,56,63,67,71,81H,1-2,7,9,13,18-19,31,33-34,36-37,44,46-51H2,3H3. The van der Waals surface area contributed by atoms with Gasteiger partial charge in [0.15, 0.2) is 0 Å². The summed E-state index contributed by atoms with van der Waals surface area (Å²) < 4.78 is 21.4. The van der Waals surface area contributed by atoms with E-state index in [-0.39, 0.29) is 11.5 Å². The number of para-hydroxylation sites is 1. The van der Waals surface area contributed by atoms with Crippen LogP contribution in [0.5, 0.6) is 11.5 Å². The zero-order chi connectivity index (χ0) is 55.0. The molecule has 0 saturated heterocycles. The summed E-state index contributed by atoms with van der Waals surface area (Å²) in [5.74, 6) is 4.04. The molecule has 1 heterocycles. The molecule has 1 saturated carbocycles. The van der Waals surface area contributed by atoms with Gasteiger partial charge in [0.05, 0.1) is 31.4 Å². The Kier molecular flexibility index (Phi) is 16.7. The van der Waals surface area contributed by atoms with Crippen molar-refractivity contribution in [3.05, 3.63) is 269 Å². The highest BCUT2D eigenvalue weighted by Gasteiger charge is 2.54. The van der Waals surface area contributed by atoms with Gasteiger partial charge >= 0.3 is 0 Å². The van der Waals surface area contributed by atoms with Gasteiger partial charge in [0.25, 0.3) is 0 Å². The highest BCUT2D eigenvalue weighted by molar-refractivity contribution is 6.57. The largest absolute Gasteiger partial charge is 0.494 e. The number of hydrogen-bond donors (Lipinski definition) is 0. The summed E-state index contributed by atoms with van der Waals surface area (Å²) in [6, 6.07) is 40.0. The summed E-state index contributed by atoms with van der Waals surface area (Å²) in [4.78, 5) is 2.74. The maximum atomic E-state index is 6.49. The topological polar surface area (TPSA) is 35.9 Å². The molecule has 5 nitrogen and oxygen atoms in total. The quantitative estimate of drug-likeness (QED) is 0.0371. The van der Waals surface area contributed by atoms with Crippen LogP contribution in [0.2, 0.25) is 18.6 Å². The van der Waals surface area contributed by atoms with Crippen LogP contribution < -0.4 is 9.47 Å². The lowest BCUT2D eigenvalue weighted by atomic mass is 9.65. The first-order chi connectivity index (χ1) is 40.0. The van der Waals surface area contributed by atoms with Gasteiger partial charge in [0, 0.05) is 59.8 Å². The fourth-order valence-electron chi connectivity index (χ4n) is 14.0. The van der Waals surface area contributed by atoms with Crippen molar-refractivity contribution in [1.82, 2.24) is 9.47 Å². The van der Waals surface area contributed by atoms with E-state index in [0.717, 1.165) is 106 Å². The van der Waals surface area contributed by atoms with Gasteiger partial charge in [-0.25, -0.2) is 0 Å². The molecule has 1 fully saturated rings. The molecule has 6 atom stereocenters. The van der Waals surface area contributed by atoms with Crippen LogP contribution in [-0.2, 0) is 16.6 Å². The molecule has 7 aliphatic rings. The van der Waals surface area contributed by atoms with Gasteiger partial charge in [0.1, 0.15) is 17.3 Å². The number of aromatic nitrogens is 1. The molecule has 4 aromatic carbocycles. The van der Waals surface area contributed by atoms with Crippen molar-refractivity contribution in [1.29, 1.82) is 0 Å². The van der Waals surface area contributed by atoms with Crippen LogP contribution in [-0.4, -0.2) is 44.1 Å². The number of rotatable bonds is 23. The molecule has 5 aromatic rings. The molecule has 412 valence electrons. The van der Waals surface area contributed by atoms with Crippen LogP contribution in [0.15, 0.2) is 247 Å². The normalized spacial score (nSPS) is 22.9. The highest BCUT2D eigenvalue weighted by Crippen LogP contribution is 2.61. The molecule has 12 rings (SSSR count). The summed E-state index contributed by atoms with van der Waals surface area (Å²) in [6.07, 6.45) is 52.7. The molecular formula is C75H80N2O3Si. The monoisotopic (exact) mass is 1080 g/mol. The molecule has 0 N–H and O–H groups in total. The molecule has 0 bridgehead atoms. The number of fused-ring (bicyclic) bond motifs is 6. The van der Waals surface area contributed by atoms with Gasteiger partial charge in [-0.15, -0.1) is 6.58 Å². The third kappa shape index (κ3) is 11.6. The van der Waals surface area contributed by atoms with Crippen molar-refractivity contribution in [2.24, 2.45) is 17.8 Å². The van der Waals surface area contributed by atoms with Crippen LogP contribution in [0.4, 0.5) is 0 Å². The lowest BCUT2D eigenvalue weighted by Crippen LogP contribution is -2.38. The van der Waals surface area contributed by atoms with E-state index in [0.29, 0.717) is 31.0 Å². The number of hydrogen-bond acceptors (Lipinski definition) is 4. The second-order valence-corrected chi connectivity index (χ2v) is 26.7. The van der Waals surface area contributed by atoms with Crippen LogP contribution >= 0.6 is 0 Å². The second-order valence-electron chi connectivity index (χ2n) is 23.3. The molecule has 6 unspecified atom stereocenters. The summed E-state index contributed by atoms with van der Waals surface area (Å²) in [7, 11) is -1.12. The lowest BCUT2D eigenvalue weighted by molar-refractivity contribution is 0.238. The number of unbranched alkanes of at least 4 members (excludes halogenated alkanes) is 2.